The van der Waals surface area contributed by atoms with Crippen molar-refractivity contribution in [2.75, 3.05) is 52.2 Å². The average Bonchev–Trinajstić information content (AvgIpc) is 2.71. The number of piperazine rings is 1. The summed E-state index contributed by atoms with van der Waals surface area (Å²) in [7, 11) is 5.89. The number of anilines is 1. The highest BCUT2D eigenvalue weighted by molar-refractivity contribution is 5.80. The predicted molar refractivity (Wildman–Crippen MR) is 114 cm³/mol. The Hall–Kier alpha value is -2.67. The van der Waals surface area contributed by atoms with E-state index in [1.54, 1.807) is 7.05 Å². The summed E-state index contributed by atoms with van der Waals surface area (Å²) in [5.41, 5.74) is 2.85. The maximum Gasteiger partial charge on any atom is 0.194 e. The molecular weight excluding hydrogens is 372 g/mol. The van der Waals surface area contributed by atoms with Gasteiger partial charge in [-0.3, -0.25) is 4.99 Å². The van der Waals surface area contributed by atoms with Gasteiger partial charge >= 0.3 is 0 Å². The molecule has 0 radical (unpaired) electrons. The molecule has 29 heavy (non-hydrogen) atoms. The third-order valence-electron chi connectivity index (χ3n) is 5.08. The zero-order valence-corrected chi connectivity index (χ0v) is 17.3. The van der Waals surface area contributed by atoms with Gasteiger partial charge in [-0.25, -0.2) is 8.78 Å². The van der Waals surface area contributed by atoms with Crippen LogP contribution in [-0.2, 0) is 13.1 Å². The molecule has 5 nitrogen and oxygen atoms in total. The summed E-state index contributed by atoms with van der Waals surface area (Å²) in [5, 5.41) is 3.45. The van der Waals surface area contributed by atoms with Crippen molar-refractivity contribution in [2.24, 2.45) is 4.99 Å². The van der Waals surface area contributed by atoms with Gasteiger partial charge in [0.15, 0.2) is 5.96 Å². The molecule has 0 aromatic heterocycles. The summed E-state index contributed by atoms with van der Waals surface area (Å²) >= 11 is 0. The minimum atomic E-state index is -0.419. The monoisotopic (exact) mass is 401 g/mol. The average molecular weight is 402 g/mol. The smallest absolute Gasteiger partial charge is 0.194 e. The third kappa shape index (κ3) is 5.44. The number of rotatable bonds is 5. The molecule has 2 aromatic rings. The third-order valence-corrected chi connectivity index (χ3v) is 5.08. The van der Waals surface area contributed by atoms with Gasteiger partial charge in [0.1, 0.15) is 11.6 Å². The Bertz CT molecular complexity index is 845. The number of benzene rings is 2. The molecule has 3 rings (SSSR count). The maximum atomic E-state index is 14.1. The summed E-state index contributed by atoms with van der Waals surface area (Å²) in [6.07, 6.45) is 0. The lowest BCUT2D eigenvalue weighted by atomic mass is 10.1. The van der Waals surface area contributed by atoms with E-state index in [1.165, 1.54) is 23.3 Å². The predicted octanol–water partition coefficient (Wildman–Crippen LogP) is 2.92. The van der Waals surface area contributed by atoms with E-state index in [-0.39, 0.29) is 5.82 Å². The van der Waals surface area contributed by atoms with Crippen molar-refractivity contribution < 1.29 is 8.78 Å². The van der Waals surface area contributed by atoms with E-state index in [9.17, 15) is 8.78 Å². The molecule has 156 valence electrons. The molecule has 1 aliphatic heterocycles. The molecule has 0 saturated carbocycles. The summed E-state index contributed by atoms with van der Waals surface area (Å²) in [6.45, 7) is 4.17. The van der Waals surface area contributed by atoms with Gasteiger partial charge in [-0.2, -0.15) is 0 Å². The van der Waals surface area contributed by atoms with Crippen LogP contribution in [0.25, 0.3) is 0 Å². The lowest BCUT2D eigenvalue weighted by Crippen LogP contribution is -2.52. The standard InChI is InChI=1S/C22H29F2N5/c1-25-22(26-15-17-6-4-5-7-18(17)16-27(2)3)29-12-10-28(11-13-29)21-14-19(23)8-9-20(21)24/h4-9,14H,10-13,15-16H2,1-3H3,(H,25,26). The Morgan fingerprint density at radius 2 is 1.72 bits per heavy atom. The van der Waals surface area contributed by atoms with Crippen LogP contribution in [0.1, 0.15) is 11.1 Å². The summed E-state index contributed by atoms with van der Waals surface area (Å²) in [5.74, 6) is 0.0153. The Kier molecular flexibility index (Phi) is 7.04. The minimum absolute atomic E-state index is 0.324. The normalized spacial score (nSPS) is 15.2. The summed E-state index contributed by atoms with van der Waals surface area (Å²) in [4.78, 5) is 10.6. The molecule has 0 bridgehead atoms. The zero-order valence-electron chi connectivity index (χ0n) is 17.3. The van der Waals surface area contributed by atoms with E-state index < -0.39 is 5.82 Å². The van der Waals surface area contributed by atoms with Crippen molar-refractivity contribution in [3.63, 3.8) is 0 Å². The van der Waals surface area contributed by atoms with Crippen LogP contribution in [0.15, 0.2) is 47.5 Å². The number of nitrogens with one attached hydrogen (secondary N) is 1. The van der Waals surface area contributed by atoms with Crippen molar-refractivity contribution in [3.05, 3.63) is 65.2 Å². The molecule has 0 amide bonds. The fourth-order valence-corrected chi connectivity index (χ4v) is 3.62. The molecule has 0 atom stereocenters. The number of halogens is 2. The van der Waals surface area contributed by atoms with Gasteiger partial charge in [0.25, 0.3) is 0 Å². The minimum Gasteiger partial charge on any atom is -0.366 e. The largest absolute Gasteiger partial charge is 0.366 e. The number of hydrogen-bond donors (Lipinski definition) is 1. The Morgan fingerprint density at radius 1 is 1.03 bits per heavy atom. The van der Waals surface area contributed by atoms with Gasteiger partial charge < -0.3 is 20.0 Å². The van der Waals surface area contributed by atoms with E-state index >= 15 is 0 Å². The van der Waals surface area contributed by atoms with Crippen LogP contribution in [0.5, 0.6) is 0 Å². The van der Waals surface area contributed by atoms with Crippen molar-refractivity contribution in [1.29, 1.82) is 0 Å². The van der Waals surface area contributed by atoms with Gasteiger partial charge in [0.2, 0.25) is 0 Å². The summed E-state index contributed by atoms with van der Waals surface area (Å²) in [6, 6.07) is 12.0. The molecule has 0 aliphatic carbocycles. The number of hydrogen-bond acceptors (Lipinski definition) is 3. The molecule has 1 fully saturated rings. The fraction of sp³-hybridized carbons (Fsp3) is 0.409. The highest BCUT2D eigenvalue weighted by Gasteiger charge is 2.22. The van der Waals surface area contributed by atoms with Gasteiger partial charge in [-0.1, -0.05) is 24.3 Å². The van der Waals surface area contributed by atoms with Crippen LogP contribution in [-0.4, -0.2) is 63.1 Å². The molecule has 7 heteroatoms. The molecule has 1 heterocycles. The zero-order chi connectivity index (χ0) is 20.8. The van der Waals surface area contributed by atoms with Crippen LogP contribution in [0.3, 0.4) is 0 Å². The van der Waals surface area contributed by atoms with Crippen molar-refractivity contribution >= 4 is 11.6 Å². The first-order valence-electron chi connectivity index (χ1n) is 9.85. The van der Waals surface area contributed by atoms with Gasteiger partial charge in [0.05, 0.1) is 5.69 Å². The van der Waals surface area contributed by atoms with Gasteiger partial charge in [-0.15, -0.1) is 0 Å². The second-order valence-electron chi connectivity index (χ2n) is 7.48. The molecule has 0 spiro atoms. The Labute approximate surface area is 171 Å². The van der Waals surface area contributed by atoms with Crippen molar-refractivity contribution in [2.45, 2.75) is 13.1 Å². The quantitative estimate of drug-likeness (QED) is 0.617. The molecule has 1 N–H and O–H groups in total. The topological polar surface area (TPSA) is 34.1 Å². The second-order valence-corrected chi connectivity index (χ2v) is 7.48. The first-order valence-corrected chi connectivity index (χ1v) is 9.85. The van der Waals surface area contributed by atoms with Crippen LogP contribution in [0, 0.1) is 11.6 Å². The van der Waals surface area contributed by atoms with Crippen LogP contribution < -0.4 is 10.2 Å². The molecule has 0 unspecified atom stereocenters. The van der Waals surface area contributed by atoms with Crippen LogP contribution in [0.2, 0.25) is 0 Å². The van der Waals surface area contributed by atoms with Gasteiger partial charge in [-0.05, 0) is 37.4 Å². The molecule has 1 aliphatic rings. The first kappa shape index (κ1) is 21.0. The molecule has 2 aromatic carbocycles. The lowest BCUT2D eigenvalue weighted by Gasteiger charge is -2.37. The fourth-order valence-electron chi connectivity index (χ4n) is 3.62. The van der Waals surface area contributed by atoms with Gasteiger partial charge in [0, 0.05) is 52.4 Å². The molecular formula is C22H29F2N5. The van der Waals surface area contributed by atoms with Crippen molar-refractivity contribution in [3.8, 4) is 0 Å². The van der Waals surface area contributed by atoms with E-state index in [0.29, 0.717) is 38.4 Å². The first-order chi connectivity index (χ1) is 14.0. The van der Waals surface area contributed by atoms with E-state index in [2.05, 4.69) is 52.4 Å². The SMILES string of the molecule is CN=C(NCc1ccccc1CN(C)C)N1CCN(c2cc(F)ccc2F)CC1. The second kappa shape index (κ2) is 9.69. The highest BCUT2D eigenvalue weighted by atomic mass is 19.1. The van der Waals surface area contributed by atoms with Crippen LogP contribution >= 0.6 is 0 Å². The van der Waals surface area contributed by atoms with Crippen molar-refractivity contribution in [1.82, 2.24) is 15.1 Å². The lowest BCUT2D eigenvalue weighted by molar-refractivity contribution is 0.370. The Balaban J connectivity index is 1.59. The van der Waals surface area contributed by atoms with E-state index in [4.69, 9.17) is 0 Å². The number of aliphatic imine (C=N–C) groups is 1. The van der Waals surface area contributed by atoms with E-state index in [1.807, 2.05) is 11.0 Å². The van der Waals surface area contributed by atoms with E-state index in [0.717, 1.165) is 18.6 Å². The number of nitrogens with zero attached hydrogens (tertiary/aromatic N) is 4. The molecule has 1 saturated heterocycles. The highest BCUT2D eigenvalue weighted by Crippen LogP contribution is 2.22. The Morgan fingerprint density at radius 3 is 2.38 bits per heavy atom. The maximum absolute atomic E-state index is 14.1. The number of guanidine groups is 1. The summed E-state index contributed by atoms with van der Waals surface area (Å²) < 4.78 is 27.6. The van der Waals surface area contributed by atoms with Crippen LogP contribution in [0.4, 0.5) is 14.5 Å².